The van der Waals surface area contributed by atoms with E-state index in [9.17, 15) is 9.50 Å². The molecule has 0 aliphatic rings. The summed E-state index contributed by atoms with van der Waals surface area (Å²) in [5.41, 5.74) is 5.60. The van der Waals surface area contributed by atoms with Crippen LogP contribution in [0.5, 0.6) is 0 Å². The molecule has 0 spiro atoms. The van der Waals surface area contributed by atoms with Crippen LogP contribution in [0.2, 0.25) is 5.02 Å². The van der Waals surface area contributed by atoms with Gasteiger partial charge in [-0.15, -0.1) is 0 Å². The summed E-state index contributed by atoms with van der Waals surface area (Å²) in [4.78, 5) is 0. The zero-order valence-corrected chi connectivity index (χ0v) is 11.0. The van der Waals surface area contributed by atoms with Crippen LogP contribution < -0.4 is 11.1 Å². The molecule has 1 rings (SSSR count). The van der Waals surface area contributed by atoms with E-state index in [4.69, 9.17) is 17.3 Å². The lowest BCUT2D eigenvalue weighted by Gasteiger charge is -2.23. The van der Waals surface area contributed by atoms with E-state index in [0.717, 1.165) is 0 Å². The molecule has 0 radical (unpaired) electrons. The third kappa shape index (κ3) is 4.15. The van der Waals surface area contributed by atoms with Gasteiger partial charge in [-0.25, -0.2) is 4.39 Å². The second-order valence-corrected chi connectivity index (χ2v) is 5.45. The molecular formula is C12H18ClFN2O. The summed E-state index contributed by atoms with van der Waals surface area (Å²) in [6.45, 7) is 6.27. The van der Waals surface area contributed by atoms with Crippen LogP contribution in [0.1, 0.15) is 32.4 Å². The zero-order chi connectivity index (χ0) is 13.2. The topological polar surface area (TPSA) is 58.3 Å². The monoisotopic (exact) mass is 260 g/mol. The second-order valence-electron chi connectivity index (χ2n) is 5.04. The predicted octanol–water partition coefficient (Wildman–Crippen LogP) is 2.48. The van der Waals surface area contributed by atoms with E-state index in [2.05, 4.69) is 5.32 Å². The molecule has 96 valence electrons. The van der Waals surface area contributed by atoms with Gasteiger partial charge in [0.05, 0.1) is 16.8 Å². The maximum Gasteiger partial charge on any atom is 0.147 e. The Morgan fingerprint density at radius 2 is 2.06 bits per heavy atom. The van der Waals surface area contributed by atoms with Crippen molar-refractivity contribution in [3.8, 4) is 0 Å². The Morgan fingerprint density at radius 3 is 2.53 bits per heavy atom. The van der Waals surface area contributed by atoms with Crippen LogP contribution in [0, 0.1) is 5.82 Å². The number of nitrogens with two attached hydrogens (primary N) is 1. The minimum absolute atomic E-state index is 0.0913. The van der Waals surface area contributed by atoms with Gasteiger partial charge in [0.1, 0.15) is 5.82 Å². The molecule has 1 aromatic rings. The fraction of sp³-hybridized carbons (Fsp3) is 0.500. The van der Waals surface area contributed by atoms with Crippen molar-refractivity contribution in [1.29, 1.82) is 0 Å². The van der Waals surface area contributed by atoms with Crippen molar-refractivity contribution in [2.75, 3.05) is 12.3 Å². The van der Waals surface area contributed by atoms with Gasteiger partial charge in [-0.05, 0) is 38.5 Å². The van der Waals surface area contributed by atoms with Crippen molar-refractivity contribution in [2.24, 2.45) is 0 Å². The van der Waals surface area contributed by atoms with Crippen molar-refractivity contribution in [3.63, 3.8) is 0 Å². The first kappa shape index (κ1) is 14.2. The molecule has 1 atom stereocenters. The Kier molecular flexibility index (Phi) is 4.36. The van der Waals surface area contributed by atoms with Gasteiger partial charge in [0.15, 0.2) is 0 Å². The number of β-amino-alcohol motifs (C(OH)–C–C–N with tert-alkyl or cyclic N) is 1. The molecule has 0 saturated carbocycles. The van der Waals surface area contributed by atoms with Gasteiger partial charge in [0.25, 0.3) is 0 Å². The van der Waals surface area contributed by atoms with Crippen molar-refractivity contribution in [3.05, 3.63) is 28.5 Å². The van der Waals surface area contributed by atoms with Gasteiger partial charge < -0.3 is 16.2 Å². The van der Waals surface area contributed by atoms with E-state index in [1.165, 1.54) is 12.1 Å². The molecule has 0 bridgehead atoms. The van der Waals surface area contributed by atoms with Gasteiger partial charge in [-0.3, -0.25) is 0 Å². The maximum absolute atomic E-state index is 13.3. The molecule has 1 unspecified atom stereocenters. The molecule has 1 aromatic carbocycles. The van der Waals surface area contributed by atoms with Gasteiger partial charge in [0.2, 0.25) is 0 Å². The number of aliphatic hydroxyl groups excluding tert-OH is 1. The van der Waals surface area contributed by atoms with E-state index >= 15 is 0 Å². The predicted molar refractivity (Wildman–Crippen MR) is 68.5 cm³/mol. The van der Waals surface area contributed by atoms with Gasteiger partial charge in [-0.2, -0.15) is 0 Å². The standard InChI is InChI=1S/C12H18ClFN2O/c1-12(2,3)16-6-10(17)7-4-8(13)11(15)9(14)5-7/h4-5,10,16-17H,6,15H2,1-3H3. The fourth-order valence-corrected chi connectivity index (χ4v) is 1.53. The molecule has 0 fully saturated rings. The first-order valence-corrected chi connectivity index (χ1v) is 5.76. The first-order valence-electron chi connectivity index (χ1n) is 5.38. The summed E-state index contributed by atoms with van der Waals surface area (Å²) in [6, 6.07) is 2.69. The largest absolute Gasteiger partial charge is 0.395 e. The van der Waals surface area contributed by atoms with E-state index in [1.54, 1.807) is 0 Å². The molecule has 0 aliphatic heterocycles. The van der Waals surface area contributed by atoms with Crippen molar-refractivity contribution in [2.45, 2.75) is 32.4 Å². The van der Waals surface area contributed by atoms with Crippen LogP contribution in [-0.4, -0.2) is 17.2 Å². The summed E-state index contributed by atoms with van der Waals surface area (Å²) in [5, 5.41) is 13.1. The normalized spacial score (nSPS) is 13.8. The molecule has 4 N–H and O–H groups in total. The van der Waals surface area contributed by atoms with Crippen LogP contribution >= 0.6 is 11.6 Å². The molecule has 0 heterocycles. The Bertz CT molecular complexity index is 381. The Hall–Kier alpha value is -0.840. The lowest BCUT2D eigenvalue weighted by molar-refractivity contribution is 0.163. The van der Waals surface area contributed by atoms with Crippen LogP contribution in [0.25, 0.3) is 0 Å². The lowest BCUT2D eigenvalue weighted by Crippen LogP contribution is -2.38. The van der Waals surface area contributed by atoms with Crippen molar-refractivity contribution in [1.82, 2.24) is 5.32 Å². The number of benzene rings is 1. The summed E-state index contributed by atoms with van der Waals surface area (Å²) >= 11 is 5.76. The minimum Gasteiger partial charge on any atom is -0.395 e. The summed E-state index contributed by atoms with van der Waals surface area (Å²) in [6.07, 6.45) is -0.818. The smallest absolute Gasteiger partial charge is 0.147 e. The average molecular weight is 261 g/mol. The Balaban J connectivity index is 2.79. The van der Waals surface area contributed by atoms with Gasteiger partial charge in [-0.1, -0.05) is 11.6 Å². The Morgan fingerprint density at radius 1 is 1.47 bits per heavy atom. The average Bonchev–Trinajstić information content (AvgIpc) is 2.20. The quantitative estimate of drug-likeness (QED) is 0.732. The van der Waals surface area contributed by atoms with E-state index < -0.39 is 11.9 Å². The molecular weight excluding hydrogens is 243 g/mol. The summed E-state index contributed by atoms with van der Waals surface area (Å²) in [7, 11) is 0. The van der Waals surface area contributed by atoms with E-state index in [0.29, 0.717) is 12.1 Å². The third-order valence-corrected chi connectivity index (χ3v) is 2.62. The third-order valence-electron chi connectivity index (χ3n) is 2.31. The highest BCUT2D eigenvalue weighted by Gasteiger charge is 2.16. The summed E-state index contributed by atoms with van der Waals surface area (Å²) < 4.78 is 13.3. The number of hydrogen-bond acceptors (Lipinski definition) is 3. The first-order chi connectivity index (χ1) is 7.70. The SMILES string of the molecule is CC(C)(C)NCC(O)c1cc(F)c(N)c(Cl)c1. The number of anilines is 1. The molecule has 0 amide bonds. The van der Waals surface area contributed by atoms with Crippen LogP contribution in [0.3, 0.4) is 0 Å². The molecule has 17 heavy (non-hydrogen) atoms. The minimum atomic E-state index is -0.818. The molecule has 0 saturated heterocycles. The molecule has 5 heteroatoms. The molecule has 0 aromatic heterocycles. The Labute approximate surface area is 106 Å². The van der Waals surface area contributed by atoms with Crippen LogP contribution in [-0.2, 0) is 0 Å². The van der Waals surface area contributed by atoms with Crippen molar-refractivity contribution < 1.29 is 9.50 Å². The van der Waals surface area contributed by atoms with E-state index in [-0.39, 0.29) is 16.2 Å². The lowest BCUT2D eigenvalue weighted by atomic mass is 10.1. The highest BCUT2D eigenvalue weighted by atomic mass is 35.5. The van der Waals surface area contributed by atoms with E-state index in [1.807, 2.05) is 20.8 Å². The number of hydrogen-bond donors (Lipinski definition) is 3. The number of nitrogen functional groups attached to an aromatic ring is 1. The van der Waals surface area contributed by atoms with Gasteiger partial charge in [0, 0.05) is 12.1 Å². The number of nitrogens with one attached hydrogen (secondary N) is 1. The molecule has 0 aliphatic carbocycles. The molecule has 3 nitrogen and oxygen atoms in total. The zero-order valence-electron chi connectivity index (χ0n) is 10.2. The van der Waals surface area contributed by atoms with Crippen molar-refractivity contribution >= 4 is 17.3 Å². The maximum atomic E-state index is 13.3. The van der Waals surface area contributed by atoms with Crippen LogP contribution in [0.15, 0.2) is 12.1 Å². The number of halogens is 2. The second kappa shape index (κ2) is 5.21. The van der Waals surface area contributed by atoms with Gasteiger partial charge >= 0.3 is 0 Å². The highest BCUT2D eigenvalue weighted by Crippen LogP contribution is 2.26. The fourth-order valence-electron chi connectivity index (χ4n) is 1.32. The summed E-state index contributed by atoms with van der Waals surface area (Å²) in [5.74, 6) is -0.609. The number of aliphatic hydroxyl groups is 1. The number of rotatable bonds is 3. The highest BCUT2D eigenvalue weighted by molar-refractivity contribution is 6.33. The van der Waals surface area contributed by atoms with Crippen LogP contribution in [0.4, 0.5) is 10.1 Å².